The second-order valence-corrected chi connectivity index (χ2v) is 5.69. The van der Waals surface area contributed by atoms with Crippen LogP contribution in [0.15, 0.2) is 6.07 Å². The van der Waals surface area contributed by atoms with E-state index in [1.165, 1.54) is 19.3 Å². The Morgan fingerprint density at radius 1 is 1.30 bits per heavy atom. The van der Waals surface area contributed by atoms with Crippen LogP contribution in [0.5, 0.6) is 0 Å². The third kappa shape index (κ3) is 3.28. The van der Waals surface area contributed by atoms with E-state index in [-0.39, 0.29) is 12.1 Å². The minimum atomic E-state index is -0.445. The average molecular weight is 276 g/mol. The first-order chi connectivity index (χ1) is 9.49. The molecule has 2 unspecified atom stereocenters. The summed E-state index contributed by atoms with van der Waals surface area (Å²) < 4.78 is 0. The fraction of sp³-hybridized carbons (Fsp3) is 0.600. The zero-order valence-corrected chi connectivity index (χ0v) is 12.3. The molecule has 20 heavy (non-hydrogen) atoms. The number of amides is 1. The highest BCUT2D eigenvalue weighted by Crippen LogP contribution is 2.24. The molecule has 5 N–H and O–H groups in total. The zero-order chi connectivity index (χ0) is 14.7. The van der Waals surface area contributed by atoms with Crippen molar-refractivity contribution in [2.75, 3.05) is 5.32 Å². The van der Waals surface area contributed by atoms with Crippen LogP contribution in [-0.4, -0.2) is 23.0 Å². The quantitative estimate of drug-likeness (QED) is 0.735. The van der Waals surface area contributed by atoms with Crippen molar-refractivity contribution in [1.82, 2.24) is 4.98 Å². The molecule has 1 amide bonds. The van der Waals surface area contributed by atoms with Crippen LogP contribution >= 0.6 is 0 Å². The van der Waals surface area contributed by atoms with Gasteiger partial charge in [-0.1, -0.05) is 19.3 Å². The Labute approximate surface area is 120 Å². The molecule has 1 aromatic heterocycles. The van der Waals surface area contributed by atoms with Crippen molar-refractivity contribution >= 4 is 11.6 Å². The van der Waals surface area contributed by atoms with E-state index in [2.05, 4.69) is 10.3 Å². The van der Waals surface area contributed by atoms with E-state index in [0.717, 1.165) is 24.2 Å². The van der Waals surface area contributed by atoms with Gasteiger partial charge in [0.25, 0.3) is 5.91 Å². The third-order valence-electron chi connectivity index (χ3n) is 3.99. The normalized spacial score (nSPS) is 23.1. The van der Waals surface area contributed by atoms with Crippen LogP contribution in [0.2, 0.25) is 0 Å². The molecule has 0 aliphatic heterocycles. The van der Waals surface area contributed by atoms with Crippen LogP contribution in [0.4, 0.5) is 5.69 Å². The summed E-state index contributed by atoms with van der Waals surface area (Å²) >= 11 is 0. The molecule has 1 fully saturated rings. The van der Waals surface area contributed by atoms with Crippen molar-refractivity contribution in [2.24, 2.45) is 11.5 Å². The number of carbonyl (C=O) groups excluding carboxylic acids is 1. The fourth-order valence-corrected chi connectivity index (χ4v) is 2.97. The number of pyridine rings is 1. The number of primary amides is 1. The first kappa shape index (κ1) is 14.8. The van der Waals surface area contributed by atoms with Crippen molar-refractivity contribution in [3.8, 4) is 0 Å². The molecule has 5 heteroatoms. The number of aryl methyl sites for hydroxylation is 2. The molecule has 5 nitrogen and oxygen atoms in total. The predicted molar refractivity (Wildman–Crippen MR) is 80.7 cm³/mol. The highest BCUT2D eigenvalue weighted by molar-refractivity contribution is 5.99. The molecule has 1 heterocycles. The molecule has 0 radical (unpaired) electrons. The molecule has 110 valence electrons. The summed E-state index contributed by atoms with van der Waals surface area (Å²) in [7, 11) is 0. The molecule has 0 saturated heterocycles. The van der Waals surface area contributed by atoms with Gasteiger partial charge < -0.3 is 16.8 Å². The molecule has 1 aliphatic carbocycles. The Morgan fingerprint density at radius 2 is 2.00 bits per heavy atom. The van der Waals surface area contributed by atoms with Gasteiger partial charge in [0.2, 0.25) is 0 Å². The van der Waals surface area contributed by atoms with Crippen LogP contribution in [0.25, 0.3) is 0 Å². The minimum Gasteiger partial charge on any atom is -0.380 e. The van der Waals surface area contributed by atoms with Crippen LogP contribution in [0.1, 0.15) is 53.8 Å². The smallest absolute Gasteiger partial charge is 0.252 e. The Morgan fingerprint density at radius 3 is 2.70 bits per heavy atom. The SMILES string of the molecule is Cc1cc(NC2CCCCCC2N)c(C(N)=O)c(C)n1. The highest BCUT2D eigenvalue weighted by atomic mass is 16.1. The monoisotopic (exact) mass is 276 g/mol. The molecule has 0 spiro atoms. The molecule has 0 bridgehead atoms. The van der Waals surface area contributed by atoms with E-state index in [1.807, 2.05) is 19.9 Å². The van der Waals surface area contributed by atoms with E-state index in [1.54, 1.807) is 0 Å². The van der Waals surface area contributed by atoms with Crippen molar-refractivity contribution in [3.63, 3.8) is 0 Å². The Bertz CT molecular complexity index is 501. The first-order valence-electron chi connectivity index (χ1n) is 7.29. The number of nitrogens with one attached hydrogen (secondary N) is 1. The van der Waals surface area contributed by atoms with Crippen LogP contribution in [-0.2, 0) is 0 Å². The van der Waals surface area contributed by atoms with Crippen molar-refractivity contribution in [2.45, 2.75) is 58.0 Å². The molecule has 1 aliphatic rings. The molecule has 1 aromatic rings. The average Bonchev–Trinajstić information content (AvgIpc) is 2.53. The molecule has 2 atom stereocenters. The van der Waals surface area contributed by atoms with E-state index < -0.39 is 5.91 Å². The largest absolute Gasteiger partial charge is 0.380 e. The maximum absolute atomic E-state index is 11.7. The summed E-state index contributed by atoms with van der Waals surface area (Å²) in [6.07, 6.45) is 5.62. The molecular weight excluding hydrogens is 252 g/mol. The van der Waals surface area contributed by atoms with Gasteiger partial charge in [-0.05, 0) is 32.8 Å². The predicted octanol–water partition coefficient (Wildman–Crippen LogP) is 1.87. The van der Waals surface area contributed by atoms with Gasteiger partial charge in [-0.15, -0.1) is 0 Å². The lowest BCUT2D eigenvalue weighted by atomic mass is 10.0. The summed E-state index contributed by atoms with van der Waals surface area (Å²) in [6.45, 7) is 3.72. The Balaban J connectivity index is 2.29. The van der Waals surface area contributed by atoms with Crippen molar-refractivity contribution in [3.05, 3.63) is 23.0 Å². The maximum Gasteiger partial charge on any atom is 0.252 e. The fourth-order valence-electron chi connectivity index (χ4n) is 2.97. The van der Waals surface area contributed by atoms with Gasteiger partial charge in [-0.2, -0.15) is 0 Å². The van der Waals surface area contributed by atoms with Gasteiger partial charge in [0.1, 0.15) is 0 Å². The highest BCUT2D eigenvalue weighted by Gasteiger charge is 2.23. The van der Waals surface area contributed by atoms with E-state index >= 15 is 0 Å². The zero-order valence-electron chi connectivity index (χ0n) is 12.3. The lowest BCUT2D eigenvalue weighted by molar-refractivity contribution is 0.1000. The maximum atomic E-state index is 11.7. The third-order valence-corrected chi connectivity index (χ3v) is 3.99. The number of anilines is 1. The number of aromatic nitrogens is 1. The summed E-state index contributed by atoms with van der Waals surface area (Å²) in [6, 6.07) is 2.19. The molecule has 0 aromatic carbocycles. The van der Waals surface area contributed by atoms with Gasteiger partial charge >= 0.3 is 0 Å². The van der Waals surface area contributed by atoms with E-state index in [9.17, 15) is 4.79 Å². The second-order valence-electron chi connectivity index (χ2n) is 5.69. The topological polar surface area (TPSA) is 94.0 Å². The second kappa shape index (κ2) is 6.22. The molecule has 2 rings (SSSR count). The van der Waals surface area contributed by atoms with Crippen LogP contribution in [0.3, 0.4) is 0 Å². The summed E-state index contributed by atoms with van der Waals surface area (Å²) in [5.74, 6) is -0.445. The molecule has 1 saturated carbocycles. The standard InChI is InChI=1S/C15H24N4O/c1-9-8-13(14(15(17)20)10(2)18-9)19-12-7-5-3-4-6-11(12)16/h8,11-12H,3-7,16H2,1-2H3,(H2,17,20)(H,18,19). The minimum absolute atomic E-state index is 0.118. The lowest BCUT2D eigenvalue weighted by Crippen LogP contribution is -2.40. The van der Waals surface area contributed by atoms with Gasteiger partial charge in [-0.25, -0.2) is 0 Å². The first-order valence-corrected chi connectivity index (χ1v) is 7.29. The van der Waals surface area contributed by atoms with Crippen molar-refractivity contribution < 1.29 is 4.79 Å². The number of nitrogens with zero attached hydrogens (tertiary/aromatic N) is 1. The number of nitrogens with two attached hydrogens (primary N) is 2. The lowest BCUT2D eigenvalue weighted by Gasteiger charge is -2.25. The Kier molecular flexibility index (Phi) is 4.60. The summed E-state index contributed by atoms with van der Waals surface area (Å²) in [5.41, 5.74) is 14.5. The summed E-state index contributed by atoms with van der Waals surface area (Å²) in [5, 5.41) is 3.44. The Hall–Kier alpha value is -1.62. The number of hydrogen-bond donors (Lipinski definition) is 3. The number of carbonyl (C=O) groups is 1. The summed E-state index contributed by atoms with van der Waals surface area (Å²) in [4.78, 5) is 16.0. The van der Waals surface area contributed by atoms with Gasteiger partial charge in [0, 0.05) is 17.8 Å². The van der Waals surface area contributed by atoms with Gasteiger partial charge in [-0.3, -0.25) is 9.78 Å². The van der Waals surface area contributed by atoms with Crippen LogP contribution < -0.4 is 16.8 Å². The number of rotatable bonds is 3. The van der Waals surface area contributed by atoms with Crippen molar-refractivity contribution in [1.29, 1.82) is 0 Å². The van der Waals surface area contributed by atoms with Gasteiger partial charge in [0.05, 0.1) is 16.9 Å². The number of hydrogen-bond acceptors (Lipinski definition) is 4. The van der Waals surface area contributed by atoms with Crippen LogP contribution in [0, 0.1) is 13.8 Å². The van der Waals surface area contributed by atoms with E-state index in [4.69, 9.17) is 11.5 Å². The van der Waals surface area contributed by atoms with Gasteiger partial charge in [0.15, 0.2) is 0 Å². The molecular formula is C15H24N4O. The van der Waals surface area contributed by atoms with E-state index in [0.29, 0.717) is 11.3 Å².